The zero-order valence-electron chi connectivity index (χ0n) is 16.4. The fourth-order valence-electron chi connectivity index (χ4n) is 3.27. The van der Waals surface area contributed by atoms with E-state index in [1.54, 1.807) is 7.11 Å². The zero-order valence-corrected chi connectivity index (χ0v) is 16.4. The molecule has 0 N–H and O–H groups in total. The lowest BCUT2D eigenvalue weighted by Crippen LogP contribution is -2.07. The number of rotatable bonds is 3. The Balaban J connectivity index is 2.01. The van der Waals surface area contributed by atoms with Crippen LogP contribution in [0.15, 0.2) is 36.4 Å². The van der Waals surface area contributed by atoms with Crippen LogP contribution in [0.4, 0.5) is 0 Å². The largest absolute Gasteiger partial charge is 0.493 e. The Morgan fingerprint density at radius 2 is 1.48 bits per heavy atom. The lowest BCUT2D eigenvalue weighted by molar-refractivity contribution is -0.119. The Morgan fingerprint density at radius 1 is 0.852 bits per heavy atom. The van der Waals surface area contributed by atoms with Crippen molar-refractivity contribution < 1.29 is 19.0 Å². The van der Waals surface area contributed by atoms with Gasteiger partial charge in [-0.2, -0.15) is 0 Å². The van der Waals surface area contributed by atoms with Crippen molar-refractivity contribution in [1.82, 2.24) is 0 Å². The summed E-state index contributed by atoms with van der Waals surface area (Å²) in [6.07, 6.45) is 4.81. The average molecular weight is 368 g/mol. The molecule has 0 atom stereocenters. The number of carbonyl (C=O) groups excluding carboxylic acids is 1. The number of aryl methyl sites for hydroxylation is 2. The molecule has 0 fully saturated rings. The highest BCUT2D eigenvalue weighted by molar-refractivity contribution is 5.78. The third-order valence-electron chi connectivity index (χ3n) is 4.68. The smallest absolute Gasteiger partial charge is 0.169 e. The van der Waals surface area contributed by atoms with Crippen molar-refractivity contribution in [2.45, 2.75) is 58.5 Å². The summed E-state index contributed by atoms with van der Waals surface area (Å²) in [6, 6.07) is 11.9. The van der Waals surface area contributed by atoms with Crippen molar-refractivity contribution in [2.75, 3.05) is 7.11 Å². The Labute approximate surface area is 161 Å². The molecular weight excluding hydrogens is 340 g/mol. The van der Waals surface area contributed by atoms with E-state index in [0.717, 1.165) is 24.8 Å². The molecule has 0 saturated carbocycles. The van der Waals surface area contributed by atoms with Crippen LogP contribution in [0.25, 0.3) is 0 Å². The number of methoxy groups -OCH3 is 1. The summed E-state index contributed by atoms with van der Waals surface area (Å²) in [7, 11) is 1.65. The van der Waals surface area contributed by atoms with Crippen LogP contribution in [0, 0.1) is 0 Å². The van der Waals surface area contributed by atoms with Crippen molar-refractivity contribution in [3.05, 3.63) is 47.5 Å². The first kappa shape index (κ1) is 19.3. The molecule has 1 heterocycles. The summed E-state index contributed by atoms with van der Waals surface area (Å²) < 4.78 is 17.7. The van der Waals surface area contributed by atoms with Gasteiger partial charge in [0.2, 0.25) is 0 Å². The van der Waals surface area contributed by atoms with Gasteiger partial charge in [-0.3, -0.25) is 4.79 Å². The number of benzene rings is 2. The van der Waals surface area contributed by atoms with E-state index in [4.69, 9.17) is 14.2 Å². The molecule has 4 nitrogen and oxygen atoms in total. The van der Waals surface area contributed by atoms with E-state index in [2.05, 4.69) is 6.07 Å². The number of fused-ring (bicyclic) bond motifs is 4. The topological polar surface area (TPSA) is 44.8 Å². The second-order valence-electron chi connectivity index (χ2n) is 7.28. The van der Waals surface area contributed by atoms with Gasteiger partial charge in [0.1, 0.15) is 5.78 Å². The van der Waals surface area contributed by atoms with E-state index in [0.29, 0.717) is 48.0 Å². The summed E-state index contributed by atoms with van der Waals surface area (Å²) in [4.78, 5) is 12.1. The molecule has 2 aromatic rings. The quantitative estimate of drug-likeness (QED) is 0.717. The number of hydrogen-bond donors (Lipinski definition) is 0. The monoisotopic (exact) mass is 368 g/mol. The maximum absolute atomic E-state index is 12.1. The van der Waals surface area contributed by atoms with Crippen molar-refractivity contribution in [3.8, 4) is 23.0 Å². The molecule has 0 aliphatic carbocycles. The molecule has 144 valence electrons. The van der Waals surface area contributed by atoms with E-state index in [9.17, 15) is 4.79 Å². The van der Waals surface area contributed by atoms with Gasteiger partial charge in [-0.1, -0.05) is 12.1 Å². The van der Waals surface area contributed by atoms with Gasteiger partial charge in [-0.25, -0.2) is 0 Å². The molecule has 3 rings (SSSR count). The van der Waals surface area contributed by atoms with Crippen LogP contribution >= 0.6 is 0 Å². The lowest BCUT2D eigenvalue weighted by atomic mass is 10.0. The van der Waals surface area contributed by atoms with E-state index in [-0.39, 0.29) is 6.10 Å². The Morgan fingerprint density at radius 3 is 2.19 bits per heavy atom. The van der Waals surface area contributed by atoms with Gasteiger partial charge in [0, 0.05) is 12.8 Å². The second-order valence-corrected chi connectivity index (χ2v) is 7.28. The molecule has 0 radical (unpaired) electrons. The normalized spacial score (nSPS) is 15.0. The van der Waals surface area contributed by atoms with Gasteiger partial charge in [0.25, 0.3) is 0 Å². The molecule has 0 aromatic heterocycles. The van der Waals surface area contributed by atoms with Crippen LogP contribution in [-0.4, -0.2) is 19.0 Å². The highest BCUT2D eigenvalue weighted by atomic mass is 16.5. The van der Waals surface area contributed by atoms with Gasteiger partial charge in [-0.15, -0.1) is 0 Å². The SMILES string of the molecule is COc1ccc2cc1Oc1cc(ccc1OC(C)C)CCC(=O)CCCC2. The zero-order chi connectivity index (χ0) is 19.2. The molecule has 2 aromatic carbocycles. The minimum atomic E-state index is 0.0404. The van der Waals surface area contributed by atoms with Crippen molar-refractivity contribution in [2.24, 2.45) is 0 Å². The fraction of sp³-hybridized carbons (Fsp3) is 0.435. The molecular formula is C23H28O4. The summed E-state index contributed by atoms with van der Waals surface area (Å²) in [5.74, 6) is 3.06. The van der Waals surface area contributed by atoms with Crippen LogP contribution in [0.5, 0.6) is 23.0 Å². The number of ether oxygens (including phenoxy) is 3. The molecule has 1 aliphatic rings. The van der Waals surface area contributed by atoms with E-state index < -0.39 is 0 Å². The molecule has 0 saturated heterocycles. The molecule has 4 bridgehead atoms. The number of carbonyl (C=O) groups is 1. The standard InChI is InChI=1S/C23H28O4/c1-16(2)26-21-13-10-18-8-11-19(24)7-5-4-6-17-9-12-20(25-3)22(14-17)27-23(21)15-18/h9-10,12-16H,4-8,11H2,1-3H3. The minimum Gasteiger partial charge on any atom is -0.493 e. The summed E-state index contributed by atoms with van der Waals surface area (Å²) in [5.41, 5.74) is 2.25. The molecule has 1 aliphatic heterocycles. The predicted molar refractivity (Wildman–Crippen MR) is 106 cm³/mol. The maximum Gasteiger partial charge on any atom is 0.169 e. The average Bonchev–Trinajstić information content (AvgIpc) is 2.64. The van der Waals surface area contributed by atoms with Crippen molar-refractivity contribution >= 4 is 5.78 Å². The fourth-order valence-corrected chi connectivity index (χ4v) is 3.27. The van der Waals surface area contributed by atoms with E-state index >= 15 is 0 Å². The van der Waals surface area contributed by atoms with Gasteiger partial charge in [-0.05, 0) is 74.9 Å². The number of ketones is 1. The first-order chi connectivity index (χ1) is 13.0. The van der Waals surface area contributed by atoms with Gasteiger partial charge >= 0.3 is 0 Å². The highest BCUT2D eigenvalue weighted by Gasteiger charge is 2.15. The number of Topliss-reactive ketones (excluding diaryl/α,β-unsaturated/α-hetero) is 1. The minimum absolute atomic E-state index is 0.0404. The summed E-state index contributed by atoms with van der Waals surface area (Å²) in [6.45, 7) is 3.98. The molecule has 27 heavy (non-hydrogen) atoms. The third-order valence-corrected chi connectivity index (χ3v) is 4.68. The molecule has 4 heteroatoms. The maximum atomic E-state index is 12.1. The van der Waals surface area contributed by atoms with Crippen LogP contribution < -0.4 is 14.2 Å². The van der Waals surface area contributed by atoms with Gasteiger partial charge in [0.05, 0.1) is 13.2 Å². The van der Waals surface area contributed by atoms with E-state index in [1.165, 1.54) is 5.56 Å². The van der Waals surface area contributed by atoms with E-state index in [1.807, 2.05) is 44.2 Å². The summed E-state index contributed by atoms with van der Waals surface area (Å²) in [5, 5.41) is 0. The van der Waals surface area contributed by atoms with Crippen LogP contribution in [0.2, 0.25) is 0 Å². The molecule has 0 amide bonds. The Kier molecular flexibility index (Phi) is 6.38. The van der Waals surface area contributed by atoms with Gasteiger partial charge < -0.3 is 14.2 Å². The van der Waals surface area contributed by atoms with Crippen molar-refractivity contribution in [1.29, 1.82) is 0 Å². The third kappa shape index (κ3) is 5.25. The Hall–Kier alpha value is -2.49. The van der Waals surface area contributed by atoms with Crippen molar-refractivity contribution in [3.63, 3.8) is 0 Å². The number of hydrogen-bond acceptors (Lipinski definition) is 4. The molecule has 0 spiro atoms. The van der Waals surface area contributed by atoms with Gasteiger partial charge in [0.15, 0.2) is 23.0 Å². The first-order valence-corrected chi connectivity index (χ1v) is 9.71. The van der Waals surface area contributed by atoms with Crippen LogP contribution in [0.3, 0.4) is 0 Å². The lowest BCUT2D eigenvalue weighted by Gasteiger charge is -2.18. The van der Waals surface area contributed by atoms with Crippen LogP contribution in [-0.2, 0) is 17.6 Å². The highest BCUT2D eigenvalue weighted by Crippen LogP contribution is 2.38. The predicted octanol–water partition coefficient (Wildman–Crippen LogP) is 5.50. The first-order valence-electron chi connectivity index (χ1n) is 9.71. The van der Waals surface area contributed by atoms with Crippen LogP contribution in [0.1, 0.15) is 50.7 Å². The second kappa shape index (κ2) is 8.94. The summed E-state index contributed by atoms with van der Waals surface area (Å²) >= 11 is 0. The molecule has 0 unspecified atom stereocenters. The Bertz CT molecular complexity index is 795.